The van der Waals surface area contributed by atoms with Crippen LogP contribution < -0.4 is 4.90 Å². The molecule has 1 N–H and O–H groups in total. The standard InChI is InChI=1S/C41H38F2N4O5.ClH/c42-29-5-8-31(9-6-29)47(32-10-12-34(48)13-11-32)41(50)37-23-38(45-17-20-52-26-39(37)45)36-22-30(43)7-14-35(36)40(49)46-24-28-4-2-1-3-27(28)21-33(46)25-44-15-18-51-19-16-44;/h1-14,22-23,33,48H,15-21,24-26H2;1H/t33-;/m0./s1. The molecule has 9 nitrogen and oxygen atoms in total. The second kappa shape index (κ2) is 15.5. The van der Waals surface area contributed by atoms with E-state index in [2.05, 4.69) is 17.0 Å². The third kappa shape index (κ3) is 7.30. The van der Waals surface area contributed by atoms with Crippen LogP contribution >= 0.6 is 12.4 Å². The zero-order chi connectivity index (χ0) is 35.8. The van der Waals surface area contributed by atoms with Gasteiger partial charge >= 0.3 is 0 Å². The number of morpholine rings is 1. The molecule has 0 spiro atoms. The van der Waals surface area contributed by atoms with Gasteiger partial charge < -0.3 is 24.0 Å². The minimum atomic E-state index is -0.507. The molecule has 274 valence electrons. The summed E-state index contributed by atoms with van der Waals surface area (Å²) in [5.74, 6) is -1.57. The van der Waals surface area contributed by atoms with Gasteiger partial charge in [-0.3, -0.25) is 19.4 Å². The van der Waals surface area contributed by atoms with Crippen molar-refractivity contribution in [3.63, 3.8) is 0 Å². The maximum atomic E-state index is 15.3. The minimum Gasteiger partial charge on any atom is -0.508 e. The molecule has 0 unspecified atom stereocenters. The highest BCUT2D eigenvalue weighted by atomic mass is 35.5. The molecule has 1 saturated heterocycles. The third-order valence-corrected chi connectivity index (χ3v) is 10.2. The van der Waals surface area contributed by atoms with E-state index in [1.165, 1.54) is 59.0 Å². The van der Waals surface area contributed by atoms with E-state index >= 15 is 4.39 Å². The molecule has 12 heteroatoms. The van der Waals surface area contributed by atoms with Crippen LogP contribution in [0.3, 0.4) is 0 Å². The number of hydrogen-bond donors (Lipinski definition) is 1. The van der Waals surface area contributed by atoms with Crippen molar-refractivity contribution >= 4 is 35.6 Å². The summed E-state index contributed by atoms with van der Waals surface area (Å²) in [6.07, 6.45) is 0.697. The number of fused-ring (bicyclic) bond motifs is 2. The topological polar surface area (TPSA) is 87.5 Å². The van der Waals surface area contributed by atoms with Crippen molar-refractivity contribution in [1.29, 1.82) is 0 Å². The summed E-state index contributed by atoms with van der Waals surface area (Å²) in [5, 5.41) is 9.98. The number of halogens is 3. The quantitative estimate of drug-likeness (QED) is 0.194. The highest BCUT2D eigenvalue weighted by molar-refractivity contribution is 6.12. The third-order valence-electron chi connectivity index (χ3n) is 10.2. The van der Waals surface area contributed by atoms with Crippen LogP contribution in [0.2, 0.25) is 0 Å². The fourth-order valence-electron chi connectivity index (χ4n) is 7.57. The first-order valence-corrected chi connectivity index (χ1v) is 17.5. The number of hydrogen-bond acceptors (Lipinski definition) is 6. The van der Waals surface area contributed by atoms with E-state index in [0.717, 1.165) is 18.7 Å². The molecule has 1 aromatic heterocycles. The zero-order valence-electron chi connectivity index (χ0n) is 28.9. The fourth-order valence-corrected chi connectivity index (χ4v) is 7.57. The van der Waals surface area contributed by atoms with Crippen LogP contribution in [-0.4, -0.2) is 76.8 Å². The number of benzene rings is 4. The van der Waals surface area contributed by atoms with Gasteiger partial charge in [-0.05, 0) is 90.3 Å². The number of anilines is 2. The normalized spacial score (nSPS) is 17.0. The Morgan fingerprint density at radius 1 is 0.774 bits per heavy atom. The van der Waals surface area contributed by atoms with Crippen molar-refractivity contribution in [1.82, 2.24) is 14.4 Å². The Morgan fingerprint density at radius 2 is 1.43 bits per heavy atom. The molecule has 5 aromatic rings. The molecule has 0 radical (unpaired) electrons. The molecule has 1 fully saturated rings. The number of aromatic nitrogens is 1. The van der Waals surface area contributed by atoms with Crippen molar-refractivity contribution in [3.8, 4) is 17.0 Å². The summed E-state index contributed by atoms with van der Waals surface area (Å²) in [4.78, 5) is 35.1. The summed E-state index contributed by atoms with van der Waals surface area (Å²) in [6, 6.07) is 25.7. The maximum Gasteiger partial charge on any atom is 0.264 e. The molecule has 8 rings (SSSR count). The van der Waals surface area contributed by atoms with Gasteiger partial charge in [0, 0.05) is 61.3 Å². The summed E-state index contributed by atoms with van der Waals surface area (Å²) in [7, 11) is 0. The van der Waals surface area contributed by atoms with Crippen LogP contribution in [0, 0.1) is 11.6 Å². The van der Waals surface area contributed by atoms with Crippen LogP contribution in [0.5, 0.6) is 5.75 Å². The van der Waals surface area contributed by atoms with Gasteiger partial charge in [-0.15, -0.1) is 12.4 Å². The van der Waals surface area contributed by atoms with Gasteiger partial charge in [0.05, 0.1) is 43.4 Å². The van der Waals surface area contributed by atoms with Crippen LogP contribution in [0.4, 0.5) is 20.2 Å². The lowest BCUT2D eigenvalue weighted by Gasteiger charge is -2.40. The molecule has 0 bridgehead atoms. The smallest absolute Gasteiger partial charge is 0.264 e. The maximum absolute atomic E-state index is 15.3. The highest BCUT2D eigenvalue weighted by Crippen LogP contribution is 2.37. The highest BCUT2D eigenvalue weighted by Gasteiger charge is 2.35. The molecule has 4 heterocycles. The van der Waals surface area contributed by atoms with Crippen LogP contribution in [0.25, 0.3) is 11.3 Å². The average Bonchev–Trinajstić information content (AvgIpc) is 3.56. The first-order valence-electron chi connectivity index (χ1n) is 17.5. The number of aromatic hydroxyl groups is 1. The Balaban J connectivity index is 0.00000435. The summed E-state index contributed by atoms with van der Waals surface area (Å²) in [5.41, 5.74) is 5.28. The van der Waals surface area contributed by atoms with Gasteiger partial charge in [-0.2, -0.15) is 0 Å². The van der Waals surface area contributed by atoms with E-state index in [9.17, 15) is 19.1 Å². The summed E-state index contributed by atoms with van der Waals surface area (Å²) in [6.45, 7) is 4.85. The van der Waals surface area contributed by atoms with Gasteiger partial charge in [-0.1, -0.05) is 24.3 Å². The van der Waals surface area contributed by atoms with Crippen LogP contribution in [0.1, 0.15) is 37.5 Å². The van der Waals surface area contributed by atoms with E-state index in [1.54, 1.807) is 24.3 Å². The van der Waals surface area contributed by atoms with E-state index < -0.39 is 17.5 Å². The van der Waals surface area contributed by atoms with Gasteiger partial charge in [0.15, 0.2) is 0 Å². The van der Waals surface area contributed by atoms with E-state index in [0.29, 0.717) is 85.3 Å². The minimum absolute atomic E-state index is 0. The lowest BCUT2D eigenvalue weighted by atomic mass is 9.92. The number of phenols is 1. The Hall–Kier alpha value is -5.07. The van der Waals surface area contributed by atoms with Gasteiger partial charge in [0.25, 0.3) is 11.8 Å². The lowest BCUT2D eigenvalue weighted by Crippen LogP contribution is -2.52. The number of nitrogens with zero attached hydrogens (tertiary/aromatic N) is 4. The Bertz CT molecular complexity index is 2070. The molecule has 0 saturated carbocycles. The van der Waals surface area contributed by atoms with E-state index in [4.69, 9.17) is 9.47 Å². The van der Waals surface area contributed by atoms with Crippen molar-refractivity contribution in [2.24, 2.45) is 0 Å². The number of amides is 2. The lowest BCUT2D eigenvalue weighted by molar-refractivity contribution is 0.0193. The zero-order valence-corrected chi connectivity index (χ0v) is 29.7. The summed E-state index contributed by atoms with van der Waals surface area (Å²) < 4.78 is 42.6. The molecule has 4 aromatic carbocycles. The second-order valence-corrected chi connectivity index (χ2v) is 13.4. The van der Waals surface area contributed by atoms with Crippen molar-refractivity contribution in [2.75, 3.05) is 44.4 Å². The number of rotatable bonds is 7. The first-order chi connectivity index (χ1) is 25.3. The molecule has 3 aliphatic rings. The van der Waals surface area contributed by atoms with Crippen LogP contribution in [-0.2, 0) is 35.6 Å². The van der Waals surface area contributed by atoms with Crippen molar-refractivity contribution in [3.05, 3.63) is 137 Å². The molecular weight excluding hydrogens is 702 g/mol. The number of ether oxygens (including phenoxy) is 2. The molecule has 53 heavy (non-hydrogen) atoms. The predicted octanol–water partition coefficient (Wildman–Crippen LogP) is 6.97. The number of phenolic OH excluding ortho intramolecular Hbond substituents is 1. The van der Waals surface area contributed by atoms with Gasteiger partial charge in [-0.25, -0.2) is 8.78 Å². The Morgan fingerprint density at radius 3 is 2.17 bits per heavy atom. The van der Waals surface area contributed by atoms with E-state index in [-0.39, 0.29) is 36.7 Å². The Kier molecular flexibility index (Phi) is 10.6. The van der Waals surface area contributed by atoms with E-state index in [1.807, 2.05) is 21.6 Å². The van der Waals surface area contributed by atoms with Crippen molar-refractivity contribution < 1.29 is 33.0 Å². The van der Waals surface area contributed by atoms with Crippen LogP contribution in [0.15, 0.2) is 97.1 Å². The van der Waals surface area contributed by atoms with Crippen molar-refractivity contribution in [2.45, 2.75) is 32.2 Å². The average molecular weight is 741 g/mol. The number of carbonyl (C=O) groups is 2. The van der Waals surface area contributed by atoms with Gasteiger partial charge in [0.1, 0.15) is 17.4 Å². The Labute approximate surface area is 312 Å². The largest absolute Gasteiger partial charge is 0.508 e. The monoisotopic (exact) mass is 740 g/mol. The molecule has 0 aliphatic carbocycles. The number of carbonyl (C=O) groups excluding carboxylic acids is 2. The second-order valence-electron chi connectivity index (χ2n) is 13.4. The molecule has 3 aliphatic heterocycles. The first kappa shape index (κ1) is 36.3. The SMILES string of the molecule is Cl.O=C(c1cc(-c2cc(F)ccc2C(=O)N2Cc3ccccc3C[C@H]2CN2CCOCC2)n2c1COCC2)N(c1ccc(O)cc1)c1ccc(F)cc1. The molecule has 1 atom stereocenters. The molecular formula is C41H39ClF2N4O5. The summed E-state index contributed by atoms with van der Waals surface area (Å²) >= 11 is 0. The molecule has 2 amide bonds. The van der Waals surface area contributed by atoms with Gasteiger partial charge in [0.2, 0.25) is 0 Å². The predicted molar refractivity (Wildman–Crippen MR) is 199 cm³/mol. The fraction of sp³-hybridized carbons (Fsp3) is 0.268.